The second kappa shape index (κ2) is 4.66. The van der Waals surface area contributed by atoms with Gasteiger partial charge in [-0.05, 0) is 25.1 Å². The molecule has 3 aromatic rings. The smallest absolute Gasteiger partial charge is 0.356 e. The number of fused-ring (bicyclic) bond motifs is 3. The zero-order chi connectivity index (χ0) is 13.4. The Kier molecular flexibility index (Phi) is 2.98. The first-order valence-electron chi connectivity index (χ1n) is 5.93. The number of rotatable bonds is 2. The third kappa shape index (κ3) is 2.00. The van der Waals surface area contributed by atoms with E-state index in [0.717, 1.165) is 26.3 Å². The van der Waals surface area contributed by atoms with Gasteiger partial charge in [0.15, 0.2) is 0 Å². The van der Waals surface area contributed by atoms with E-state index in [-0.39, 0.29) is 0 Å². The van der Waals surface area contributed by atoms with Crippen molar-refractivity contribution in [3.63, 3.8) is 0 Å². The standard InChI is InChI=1S/C14H11BrN2O2/c1-2-19-14(18)11-6-8-12(7-16-11)17-10-5-3-4-9(15)13(8)10/h3-7,17H,2H2,1H3. The molecule has 0 unspecified atom stereocenters. The minimum absolute atomic E-state index is 0.325. The lowest BCUT2D eigenvalue weighted by atomic mass is 10.1. The maximum atomic E-state index is 11.7. The zero-order valence-corrected chi connectivity index (χ0v) is 11.8. The molecule has 0 aliphatic heterocycles. The van der Waals surface area contributed by atoms with Crippen LogP contribution in [0.2, 0.25) is 0 Å². The van der Waals surface area contributed by atoms with Gasteiger partial charge in [-0.3, -0.25) is 0 Å². The number of esters is 1. The van der Waals surface area contributed by atoms with Gasteiger partial charge in [0.2, 0.25) is 0 Å². The van der Waals surface area contributed by atoms with Crippen molar-refractivity contribution in [1.29, 1.82) is 0 Å². The molecular weight excluding hydrogens is 308 g/mol. The van der Waals surface area contributed by atoms with Gasteiger partial charge in [-0.25, -0.2) is 9.78 Å². The summed E-state index contributed by atoms with van der Waals surface area (Å²) < 4.78 is 5.96. The highest BCUT2D eigenvalue weighted by Gasteiger charge is 2.13. The van der Waals surface area contributed by atoms with Gasteiger partial charge >= 0.3 is 5.97 Å². The molecule has 1 aromatic carbocycles. The number of benzene rings is 1. The van der Waals surface area contributed by atoms with E-state index in [0.29, 0.717) is 12.3 Å². The van der Waals surface area contributed by atoms with Crippen LogP contribution in [0.15, 0.2) is 34.9 Å². The molecule has 0 aliphatic carbocycles. The van der Waals surface area contributed by atoms with Crippen molar-refractivity contribution in [3.05, 3.63) is 40.6 Å². The van der Waals surface area contributed by atoms with Crippen molar-refractivity contribution in [2.75, 3.05) is 6.61 Å². The Bertz CT molecular complexity index is 780. The summed E-state index contributed by atoms with van der Waals surface area (Å²) in [6, 6.07) is 7.68. The maximum absolute atomic E-state index is 11.7. The molecule has 0 atom stereocenters. The Hall–Kier alpha value is -1.88. The van der Waals surface area contributed by atoms with Crippen LogP contribution in [0.5, 0.6) is 0 Å². The largest absolute Gasteiger partial charge is 0.461 e. The van der Waals surface area contributed by atoms with Crippen molar-refractivity contribution in [3.8, 4) is 0 Å². The van der Waals surface area contributed by atoms with Gasteiger partial charge in [-0.15, -0.1) is 0 Å². The molecule has 0 saturated carbocycles. The lowest BCUT2D eigenvalue weighted by molar-refractivity contribution is 0.0520. The molecule has 5 heteroatoms. The average Bonchev–Trinajstić information content (AvgIpc) is 2.77. The van der Waals surface area contributed by atoms with E-state index in [2.05, 4.69) is 25.9 Å². The first-order chi connectivity index (χ1) is 9.20. The zero-order valence-electron chi connectivity index (χ0n) is 10.2. The Morgan fingerprint density at radius 1 is 1.42 bits per heavy atom. The highest BCUT2D eigenvalue weighted by atomic mass is 79.9. The van der Waals surface area contributed by atoms with Crippen LogP contribution in [0.25, 0.3) is 21.8 Å². The Morgan fingerprint density at radius 2 is 2.26 bits per heavy atom. The molecule has 0 bridgehead atoms. The summed E-state index contributed by atoms with van der Waals surface area (Å²) in [5, 5.41) is 2.01. The monoisotopic (exact) mass is 318 g/mol. The molecule has 1 N–H and O–H groups in total. The molecule has 2 heterocycles. The summed E-state index contributed by atoms with van der Waals surface area (Å²) in [4.78, 5) is 19.1. The van der Waals surface area contributed by atoms with E-state index in [1.807, 2.05) is 18.2 Å². The SMILES string of the molecule is CCOC(=O)c1cc2c(cn1)[nH]c1cccc(Br)c12. The Morgan fingerprint density at radius 3 is 3.05 bits per heavy atom. The Balaban J connectivity index is 2.26. The maximum Gasteiger partial charge on any atom is 0.356 e. The highest BCUT2D eigenvalue weighted by molar-refractivity contribution is 9.10. The number of halogens is 1. The molecule has 0 spiro atoms. The molecule has 0 saturated heterocycles. The summed E-state index contributed by atoms with van der Waals surface area (Å²) in [5.74, 6) is -0.397. The van der Waals surface area contributed by atoms with Gasteiger partial charge in [0.1, 0.15) is 5.69 Å². The number of hydrogen-bond acceptors (Lipinski definition) is 3. The van der Waals surface area contributed by atoms with Crippen LogP contribution >= 0.6 is 15.9 Å². The first-order valence-corrected chi connectivity index (χ1v) is 6.73. The summed E-state index contributed by atoms with van der Waals surface area (Å²) in [7, 11) is 0. The van der Waals surface area contributed by atoms with Crippen molar-refractivity contribution in [2.24, 2.45) is 0 Å². The molecule has 19 heavy (non-hydrogen) atoms. The minimum atomic E-state index is -0.397. The first kappa shape index (κ1) is 12.2. The molecular formula is C14H11BrN2O2. The molecule has 0 fully saturated rings. The number of aromatic amines is 1. The van der Waals surface area contributed by atoms with Gasteiger partial charge in [0.25, 0.3) is 0 Å². The fraction of sp³-hybridized carbons (Fsp3) is 0.143. The van der Waals surface area contributed by atoms with Gasteiger partial charge < -0.3 is 9.72 Å². The Labute approximate surface area is 117 Å². The number of ether oxygens (including phenoxy) is 1. The lowest BCUT2D eigenvalue weighted by Crippen LogP contribution is -2.06. The van der Waals surface area contributed by atoms with Crippen LogP contribution < -0.4 is 0 Å². The summed E-state index contributed by atoms with van der Waals surface area (Å²) in [6.07, 6.45) is 1.66. The van der Waals surface area contributed by atoms with Crippen LogP contribution in [0, 0.1) is 0 Å². The summed E-state index contributed by atoms with van der Waals surface area (Å²) in [6.45, 7) is 2.12. The third-order valence-corrected chi connectivity index (χ3v) is 3.60. The molecule has 96 valence electrons. The van der Waals surface area contributed by atoms with Crippen molar-refractivity contribution < 1.29 is 9.53 Å². The number of carbonyl (C=O) groups is 1. The number of hydrogen-bond donors (Lipinski definition) is 1. The van der Waals surface area contributed by atoms with Crippen LogP contribution in [0.4, 0.5) is 0 Å². The van der Waals surface area contributed by atoms with E-state index in [1.165, 1.54) is 0 Å². The van der Waals surface area contributed by atoms with Crippen LogP contribution in [-0.2, 0) is 4.74 Å². The summed E-state index contributed by atoms with van der Waals surface area (Å²) >= 11 is 3.53. The van der Waals surface area contributed by atoms with Crippen LogP contribution in [0.1, 0.15) is 17.4 Å². The van der Waals surface area contributed by atoms with E-state index < -0.39 is 5.97 Å². The van der Waals surface area contributed by atoms with Crippen molar-refractivity contribution >= 4 is 43.7 Å². The summed E-state index contributed by atoms with van der Waals surface area (Å²) in [5.41, 5.74) is 2.23. The van der Waals surface area contributed by atoms with Crippen LogP contribution in [0.3, 0.4) is 0 Å². The molecule has 2 aromatic heterocycles. The second-order valence-electron chi connectivity index (χ2n) is 4.12. The van der Waals surface area contributed by atoms with Gasteiger partial charge in [-0.2, -0.15) is 0 Å². The van der Waals surface area contributed by atoms with Gasteiger partial charge in [0.05, 0.1) is 18.3 Å². The number of carbonyl (C=O) groups excluding carboxylic acids is 1. The topological polar surface area (TPSA) is 55.0 Å². The van der Waals surface area contributed by atoms with E-state index in [4.69, 9.17) is 4.74 Å². The minimum Gasteiger partial charge on any atom is -0.461 e. The second-order valence-corrected chi connectivity index (χ2v) is 4.98. The predicted octanol–water partition coefficient (Wildman–Crippen LogP) is 3.66. The normalized spacial score (nSPS) is 11.1. The van der Waals surface area contributed by atoms with Gasteiger partial charge in [-0.1, -0.05) is 22.0 Å². The van der Waals surface area contributed by atoms with E-state index >= 15 is 0 Å². The lowest BCUT2D eigenvalue weighted by Gasteiger charge is -2.01. The average molecular weight is 319 g/mol. The fourth-order valence-electron chi connectivity index (χ4n) is 2.13. The fourth-order valence-corrected chi connectivity index (χ4v) is 2.71. The number of H-pyrrole nitrogens is 1. The number of pyridine rings is 1. The number of nitrogens with one attached hydrogen (secondary N) is 1. The quantitative estimate of drug-likeness (QED) is 0.734. The molecule has 0 radical (unpaired) electrons. The van der Waals surface area contributed by atoms with Crippen molar-refractivity contribution in [2.45, 2.75) is 6.92 Å². The number of nitrogens with zero attached hydrogens (tertiary/aromatic N) is 1. The van der Waals surface area contributed by atoms with E-state index in [9.17, 15) is 4.79 Å². The molecule has 3 rings (SSSR count). The third-order valence-electron chi connectivity index (χ3n) is 2.94. The predicted molar refractivity (Wildman–Crippen MR) is 77.3 cm³/mol. The highest BCUT2D eigenvalue weighted by Crippen LogP contribution is 2.31. The van der Waals surface area contributed by atoms with Crippen molar-refractivity contribution in [1.82, 2.24) is 9.97 Å². The molecule has 0 aliphatic rings. The molecule has 0 amide bonds. The van der Waals surface area contributed by atoms with Crippen LogP contribution in [-0.4, -0.2) is 22.5 Å². The van der Waals surface area contributed by atoms with Gasteiger partial charge in [0, 0.05) is 20.8 Å². The molecule has 4 nitrogen and oxygen atoms in total. The van der Waals surface area contributed by atoms with E-state index in [1.54, 1.807) is 19.2 Å². The number of aromatic nitrogens is 2.